The van der Waals surface area contributed by atoms with Gasteiger partial charge in [0.05, 0.1) is 0 Å². The summed E-state index contributed by atoms with van der Waals surface area (Å²) in [5, 5.41) is 0. The second-order valence-electron chi connectivity index (χ2n) is 6.38. The molecule has 0 aromatic heterocycles. The van der Waals surface area contributed by atoms with Crippen LogP contribution >= 0.6 is 0 Å². The van der Waals surface area contributed by atoms with Gasteiger partial charge in [-0.2, -0.15) is 0 Å². The summed E-state index contributed by atoms with van der Waals surface area (Å²) in [7, 11) is 0. The van der Waals surface area contributed by atoms with Crippen molar-refractivity contribution in [3.8, 4) is 0 Å². The zero-order chi connectivity index (χ0) is 13.2. The second kappa shape index (κ2) is 5.41. The van der Waals surface area contributed by atoms with Gasteiger partial charge in [-0.15, -0.1) is 0 Å². The van der Waals surface area contributed by atoms with E-state index in [0.29, 0.717) is 11.5 Å². The van der Waals surface area contributed by atoms with E-state index < -0.39 is 0 Å². The highest BCUT2D eigenvalue weighted by Gasteiger charge is 2.30. The second-order valence-corrected chi connectivity index (χ2v) is 6.38. The normalized spacial score (nSPS) is 23.6. The highest BCUT2D eigenvalue weighted by molar-refractivity contribution is 5.20. The largest absolute Gasteiger partial charge is 0.323 e. The number of rotatable bonds is 3. The average Bonchev–Trinajstić information content (AvgIpc) is 2.38. The van der Waals surface area contributed by atoms with Crippen LogP contribution in [0.15, 0.2) is 30.3 Å². The van der Waals surface area contributed by atoms with Gasteiger partial charge >= 0.3 is 0 Å². The minimum Gasteiger partial charge on any atom is -0.323 e. The van der Waals surface area contributed by atoms with Gasteiger partial charge in [0, 0.05) is 12.1 Å². The van der Waals surface area contributed by atoms with Crippen LogP contribution in [0.5, 0.6) is 0 Å². The van der Waals surface area contributed by atoms with E-state index in [1.165, 1.54) is 31.5 Å². The van der Waals surface area contributed by atoms with Crippen LogP contribution in [0, 0.1) is 5.41 Å². The molecule has 18 heavy (non-hydrogen) atoms. The van der Waals surface area contributed by atoms with Crippen molar-refractivity contribution < 1.29 is 0 Å². The van der Waals surface area contributed by atoms with Crippen LogP contribution in [-0.2, 0) is 0 Å². The molecule has 2 heteroatoms. The lowest BCUT2D eigenvalue weighted by Gasteiger charge is -2.41. The Morgan fingerprint density at radius 3 is 2.22 bits per heavy atom. The third kappa shape index (κ3) is 3.12. The number of nitrogens with two attached hydrogens (primary N) is 1. The zero-order valence-corrected chi connectivity index (χ0v) is 11.9. The third-order valence-electron chi connectivity index (χ3n) is 4.43. The van der Waals surface area contributed by atoms with Gasteiger partial charge in [-0.1, -0.05) is 44.2 Å². The Bertz CT molecular complexity index is 362. The van der Waals surface area contributed by atoms with Crippen LogP contribution in [0.3, 0.4) is 0 Å². The van der Waals surface area contributed by atoms with Crippen LogP contribution < -0.4 is 5.73 Å². The molecule has 1 aliphatic heterocycles. The number of likely N-dealkylation sites (tertiary alicyclic amines) is 1. The Morgan fingerprint density at radius 2 is 1.67 bits per heavy atom. The fraction of sp³-hybridized carbons (Fsp3) is 0.625. The van der Waals surface area contributed by atoms with Crippen molar-refractivity contribution in [3.63, 3.8) is 0 Å². The van der Waals surface area contributed by atoms with E-state index in [4.69, 9.17) is 5.73 Å². The summed E-state index contributed by atoms with van der Waals surface area (Å²) in [6, 6.07) is 11.0. The molecule has 1 aliphatic rings. The summed E-state index contributed by atoms with van der Waals surface area (Å²) >= 11 is 0. The maximum Gasteiger partial charge on any atom is 0.0450 e. The van der Waals surface area contributed by atoms with Crippen molar-refractivity contribution in [3.05, 3.63) is 35.9 Å². The molecule has 0 radical (unpaired) electrons. The molecule has 1 aromatic carbocycles. The molecule has 1 saturated heterocycles. The molecule has 2 rings (SSSR count). The van der Waals surface area contributed by atoms with E-state index in [1.807, 2.05) is 6.07 Å². The molecular formula is C16H26N2. The highest BCUT2D eigenvalue weighted by atomic mass is 15.2. The fourth-order valence-electron chi connectivity index (χ4n) is 2.72. The van der Waals surface area contributed by atoms with E-state index >= 15 is 0 Å². The van der Waals surface area contributed by atoms with Crippen molar-refractivity contribution >= 4 is 0 Å². The molecule has 2 N–H and O–H groups in total. The molecule has 1 fully saturated rings. The molecule has 2 unspecified atom stereocenters. The average molecular weight is 246 g/mol. The van der Waals surface area contributed by atoms with E-state index in [1.54, 1.807) is 0 Å². The molecule has 0 amide bonds. The standard InChI is InChI=1S/C16H26N2/c1-13(15(17)14-7-5-4-6-8-14)18-11-9-16(2,3)10-12-18/h4-8,13,15H,9-12,17H2,1-3H3. The maximum absolute atomic E-state index is 6.40. The van der Waals surface area contributed by atoms with Crippen LogP contribution in [0.25, 0.3) is 0 Å². The van der Waals surface area contributed by atoms with Crippen LogP contribution in [0.2, 0.25) is 0 Å². The number of hydrogen-bond acceptors (Lipinski definition) is 2. The van der Waals surface area contributed by atoms with Crippen molar-refractivity contribution in [2.75, 3.05) is 13.1 Å². The smallest absolute Gasteiger partial charge is 0.0450 e. The van der Waals surface area contributed by atoms with Gasteiger partial charge in [-0.3, -0.25) is 4.90 Å². The molecular weight excluding hydrogens is 220 g/mol. The van der Waals surface area contributed by atoms with Gasteiger partial charge in [0.25, 0.3) is 0 Å². The van der Waals surface area contributed by atoms with Gasteiger partial charge in [0.2, 0.25) is 0 Å². The number of hydrogen-bond donors (Lipinski definition) is 1. The third-order valence-corrected chi connectivity index (χ3v) is 4.43. The van der Waals surface area contributed by atoms with E-state index in [-0.39, 0.29) is 6.04 Å². The summed E-state index contributed by atoms with van der Waals surface area (Å²) in [4.78, 5) is 2.54. The van der Waals surface area contributed by atoms with Gasteiger partial charge in [-0.25, -0.2) is 0 Å². The maximum atomic E-state index is 6.40. The molecule has 0 saturated carbocycles. The fourth-order valence-corrected chi connectivity index (χ4v) is 2.72. The Balaban J connectivity index is 1.98. The Morgan fingerprint density at radius 1 is 1.11 bits per heavy atom. The first-order valence-electron chi connectivity index (χ1n) is 7.04. The predicted octanol–water partition coefficient (Wildman–Crippen LogP) is 3.20. The number of nitrogens with zero attached hydrogens (tertiary/aromatic N) is 1. The first kappa shape index (κ1) is 13.6. The lowest BCUT2D eigenvalue weighted by molar-refractivity contribution is 0.0895. The molecule has 1 aromatic rings. The summed E-state index contributed by atoms with van der Waals surface area (Å²) in [5.74, 6) is 0. The van der Waals surface area contributed by atoms with Gasteiger partial charge in [0.1, 0.15) is 0 Å². The monoisotopic (exact) mass is 246 g/mol. The highest BCUT2D eigenvalue weighted by Crippen LogP contribution is 2.32. The minimum atomic E-state index is 0.118. The number of benzene rings is 1. The SMILES string of the molecule is CC(C(N)c1ccccc1)N1CCC(C)(C)CC1. The van der Waals surface area contributed by atoms with E-state index in [2.05, 4.69) is 49.9 Å². The Hall–Kier alpha value is -0.860. The van der Waals surface area contributed by atoms with Crippen LogP contribution in [0.1, 0.15) is 45.2 Å². The topological polar surface area (TPSA) is 29.3 Å². The summed E-state index contributed by atoms with van der Waals surface area (Å²) in [6.07, 6.45) is 2.55. The number of piperidine rings is 1. The summed E-state index contributed by atoms with van der Waals surface area (Å²) in [5.41, 5.74) is 8.15. The first-order valence-corrected chi connectivity index (χ1v) is 7.04. The molecule has 0 spiro atoms. The van der Waals surface area contributed by atoms with Crippen LogP contribution in [-0.4, -0.2) is 24.0 Å². The zero-order valence-electron chi connectivity index (χ0n) is 11.9. The summed E-state index contributed by atoms with van der Waals surface area (Å²) in [6.45, 7) is 9.34. The molecule has 0 bridgehead atoms. The van der Waals surface area contributed by atoms with Crippen molar-refractivity contribution in [2.24, 2.45) is 11.1 Å². The predicted molar refractivity (Wildman–Crippen MR) is 77.4 cm³/mol. The molecule has 0 aliphatic carbocycles. The van der Waals surface area contributed by atoms with Gasteiger partial charge in [-0.05, 0) is 43.8 Å². The van der Waals surface area contributed by atoms with Crippen molar-refractivity contribution in [1.29, 1.82) is 0 Å². The van der Waals surface area contributed by atoms with Crippen molar-refractivity contribution in [2.45, 2.75) is 45.7 Å². The van der Waals surface area contributed by atoms with Gasteiger partial charge in [0.15, 0.2) is 0 Å². The Kier molecular flexibility index (Phi) is 4.08. The first-order chi connectivity index (χ1) is 8.49. The van der Waals surface area contributed by atoms with E-state index in [0.717, 1.165) is 0 Å². The lowest BCUT2D eigenvalue weighted by Crippen LogP contribution is -2.46. The molecule has 2 nitrogen and oxygen atoms in total. The van der Waals surface area contributed by atoms with E-state index in [9.17, 15) is 0 Å². The minimum absolute atomic E-state index is 0.118. The van der Waals surface area contributed by atoms with Crippen molar-refractivity contribution in [1.82, 2.24) is 4.90 Å². The quantitative estimate of drug-likeness (QED) is 0.887. The van der Waals surface area contributed by atoms with Crippen LogP contribution in [0.4, 0.5) is 0 Å². The van der Waals surface area contributed by atoms with Gasteiger partial charge < -0.3 is 5.73 Å². The molecule has 2 atom stereocenters. The summed E-state index contributed by atoms with van der Waals surface area (Å²) < 4.78 is 0. The lowest BCUT2D eigenvalue weighted by atomic mass is 9.82. The molecule has 1 heterocycles. The Labute approximate surface area is 111 Å². The molecule has 100 valence electrons.